The van der Waals surface area contributed by atoms with Crippen molar-refractivity contribution in [2.45, 2.75) is 19.0 Å². The molecule has 2 rings (SSSR count). The summed E-state index contributed by atoms with van der Waals surface area (Å²) in [6.07, 6.45) is 0. The van der Waals surface area contributed by atoms with Crippen LogP contribution in [0.2, 0.25) is 0 Å². The average Bonchev–Trinajstić information content (AvgIpc) is 2.29. The highest BCUT2D eigenvalue weighted by Crippen LogP contribution is 2.24. The van der Waals surface area contributed by atoms with Gasteiger partial charge in [0.25, 0.3) is 0 Å². The van der Waals surface area contributed by atoms with Crippen LogP contribution < -0.4 is 4.74 Å². The summed E-state index contributed by atoms with van der Waals surface area (Å²) in [5.74, 6) is 1.83. The van der Waals surface area contributed by atoms with E-state index in [1.54, 1.807) is 18.9 Å². The maximum absolute atomic E-state index is 5.19. The predicted molar refractivity (Wildman–Crippen MR) is 67.2 cm³/mol. The number of rotatable bonds is 3. The van der Waals surface area contributed by atoms with Crippen molar-refractivity contribution in [3.63, 3.8) is 0 Å². The second kappa shape index (κ2) is 4.70. The van der Waals surface area contributed by atoms with Gasteiger partial charge in [-0.25, -0.2) is 9.97 Å². The van der Waals surface area contributed by atoms with Crippen molar-refractivity contribution in [2.75, 3.05) is 12.9 Å². The molecule has 84 valence electrons. The smallest absolute Gasteiger partial charge is 0.188 e. The molecule has 0 saturated heterocycles. The van der Waals surface area contributed by atoms with E-state index >= 15 is 0 Å². The van der Waals surface area contributed by atoms with Crippen molar-refractivity contribution in [1.82, 2.24) is 9.97 Å². The van der Waals surface area contributed by atoms with Crippen LogP contribution in [0.25, 0.3) is 10.9 Å². The second-order valence-electron chi connectivity index (χ2n) is 3.41. The number of aromatic nitrogens is 2. The number of nitrogens with zero attached hydrogens (tertiary/aromatic N) is 2. The molecule has 0 aliphatic rings. The van der Waals surface area contributed by atoms with Crippen LogP contribution >= 0.6 is 11.8 Å². The lowest BCUT2D eigenvalue weighted by molar-refractivity contribution is 0.415. The van der Waals surface area contributed by atoms with Crippen LogP contribution in [0.15, 0.2) is 23.4 Å². The molecule has 0 saturated carbocycles. The third-order valence-electron chi connectivity index (χ3n) is 2.35. The Kier molecular flexibility index (Phi) is 3.29. The number of ether oxygens (including phenoxy) is 1. The number of hydrogen-bond donors (Lipinski definition) is 0. The fraction of sp³-hybridized carbons (Fsp3) is 0.333. The zero-order valence-electron chi connectivity index (χ0n) is 9.65. The van der Waals surface area contributed by atoms with E-state index in [-0.39, 0.29) is 0 Å². The topological polar surface area (TPSA) is 35.0 Å². The summed E-state index contributed by atoms with van der Waals surface area (Å²) in [6, 6.07) is 5.88. The fourth-order valence-electron chi connectivity index (χ4n) is 1.55. The second-order valence-corrected chi connectivity index (χ2v) is 4.64. The van der Waals surface area contributed by atoms with E-state index in [9.17, 15) is 0 Å². The molecule has 0 aliphatic carbocycles. The summed E-state index contributed by atoms with van der Waals surface area (Å²) in [4.78, 5) is 8.96. The first-order valence-corrected chi connectivity index (χ1v) is 6.18. The summed E-state index contributed by atoms with van der Waals surface area (Å²) < 4.78 is 5.19. The zero-order valence-corrected chi connectivity index (χ0v) is 10.5. The normalized spacial score (nSPS) is 10.7. The molecule has 0 atom stereocenters. The van der Waals surface area contributed by atoms with Gasteiger partial charge in [0, 0.05) is 11.1 Å². The first-order valence-electron chi connectivity index (χ1n) is 5.19. The first-order chi connectivity index (χ1) is 7.74. The number of benzene rings is 1. The van der Waals surface area contributed by atoms with Gasteiger partial charge in [-0.05, 0) is 30.9 Å². The molecule has 0 bridgehead atoms. The SMILES string of the molecule is CCSc1nc(C)c2cc(OC)ccc2n1. The first kappa shape index (κ1) is 11.2. The van der Waals surface area contributed by atoms with E-state index in [4.69, 9.17) is 4.74 Å². The van der Waals surface area contributed by atoms with Crippen LogP contribution in [0.4, 0.5) is 0 Å². The largest absolute Gasteiger partial charge is 0.497 e. The molecule has 0 spiro atoms. The van der Waals surface area contributed by atoms with Gasteiger partial charge in [0.2, 0.25) is 0 Å². The van der Waals surface area contributed by atoms with Crippen molar-refractivity contribution in [3.05, 3.63) is 23.9 Å². The highest BCUT2D eigenvalue weighted by molar-refractivity contribution is 7.99. The van der Waals surface area contributed by atoms with E-state index < -0.39 is 0 Å². The number of thioether (sulfide) groups is 1. The Bertz CT molecular complexity index is 514. The minimum atomic E-state index is 0.843. The molecule has 0 fully saturated rings. The summed E-state index contributed by atoms with van der Waals surface area (Å²) in [5.41, 5.74) is 1.98. The van der Waals surface area contributed by atoms with Crippen LogP contribution in [0.1, 0.15) is 12.6 Å². The summed E-state index contributed by atoms with van der Waals surface area (Å²) in [7, 11) is 1.67. The fourth-order valence-corrected chi connectivity index (χ4v) is 2.18. The Balaban J connectivity index is 2.57. The molecule has 0 amide bonds. The highest BCUT2D eigenvalue weighted by Gasteiger charge is 2.05. The Morgan fingerprint density at radius 1 is 1.31 bits per heavy atom. The van der Waals surface area contributed by atoms with Crippen molar-refractivity contribution >= 4 is 22.7 Å². The lowest BCUT2D eigenvalue weighted by Gasteiger charge is -2.06. The van der Waals surface area contributed by atoms with Crippen molar-refractivity contribution in [2.24, 2.45) is 0 Å². The highest BCUT2D eigenvalue weighted by atomic mass is 32.2. The molecule has 1 heterocycles. The van der Waals surface area contributed by atoms with Gasteiger partial charge in [-0.2, -0.15) is 0 Å². The number of methoxy groups -OCH3 is 1. The molecule has 1 aromatic carbocycles. The standard InChI is InChI=1S/C12H14N2OS/c1-4-16-12-13-8(2)10-7-9(15-3)5-6-11(10)14-12/h5-7H,4H2,1-3H3. The maximum atomic E-state index is 5.19. The van der Waals surface area contributed by atoms with Gasteiger partial charge in [0.15, 0.2) is 5.16 Å². The molecule has 1 aromatic heterocycles. The third-order valence-corrected chi connectivity index (χ3v) is 3.08. The molecule has 4 heteroatoms. The number of aryl methyl sites for hydroxylation is 1. The molecule has 2 aromatic rings. The van der Waals surface area contributed by atoms with E-state index in [2.05, 4.69) is 16.9 Å². The minimum Gasteiger partial charge on any atom is -0.497 e. The van der Waals surface area contributed by atoms with Gasteiger partial charge in [-0.15, -0.1) is 0 Å². The average molecular weight is 234 g/mol. The molecular weight excluding hydrogens is 220 g/mol. The van der Waals surface area contributed by atoms with E-state index in [1.165, 1.54) is 0 Å². The van der Waals surface area contributed by atoms with Crippen molar-refractivity contribution < 1.29 is 4.74 Å². The molecule has 0 radical (unpaired) electrons. The molecule has 16 heavy (non-hydrogen) atoms. The Hall–Kier alpha value is -1.29. The third kappa shape index (κ3) is 2.11. The van der Waals surface area contributed by atoms with E-state index in [1.807, 2.05) is 25.1 Å². The van der Waals surface area contributed by atoms with Crippen LogP contribution in [-0.2, 0) is 0 Å². The lowest BCUT2D eigenvalue weighted by atomic mass is 10.2. The van der Waals surface area contributed by atoms with Gasteiger partial charge in [-0.1, -0.05) is 18.7 Å². The quantitative estimate of drug-likeness (QED) is 0.604. The summed E-state index contributed by atoms with van der Waals surface area (Å²) in [6.45, 7) is 4.10. The number of fused-ring (bicyclic) bond motifs is 1. The molecule has 0 aliphatic heterocycles. The lowest BCUT2D eigenvalue weighted by Crippen LogP contribution is -1.93. The molecular formula is C12H14N2OS. The summed E-state index contributed by atoms with van der Waals surface area (Å²) in [5, 5.41) is 1.90. The van der Waals surface area contributed by atoms with Crippen LogP contribution in [0.5, 0.6) is 5.75 Å². The van der Waals surface area contributed by atoms with Gasteiger partial charge < -0.3 is 4.74 Å². The summed E-state index contributed by atoms with van der Waals surface area (Å²) >= 11 is 1.66. The zero-order chi connectivity index (χ0) is 11.5. The Morgan fingerprint density at radius 3 is 2.81 bits per heavy atom. The molecule has 0 unspecified atom stereocenters. The van der Waals surface area contributed by atoms with Crippen LogP contribution in [0.3, 0.4) is 0 Å². The molecule has 3 nitrogen and oxygen atoms in total. The monoisotopic (exact) mass is 234 g/mol. The minimum absolute atomic E-state index is 0.843. The maximum Gasteiger partial charge on any atom is 0.188 e. The van der Waals surface area contributed by atoms with Gasteiger partial charge in [-0.3, -0.25) is 0 Å². The Labute approximate surface area is 99.2 Å². The van der Waals surface area contributed by atoms with Gasteiger partial charge >= 0.3 is 0 Å². The predicted octanol–water partition coefficient (Wildman–Crippen LogP) is 3.06. The van der Waals surface area contributed by atoms with Crippen LogP contribution in [0, 0.1) is 6.92 Å². The Morgan fingerprint density at radius 2 is 2.12 bits per heavy atom. The van der Waals surface area contributed by atoms with Crippen molar-refractivity contribution in [1.29, 1.82) is 0 Å². The number of hydrogen-bond acceptors (Lipinski definition) is 4. The van der Waals surface area contributed by atoms with Gasteiger partial charge in [0.05, 0.1) is 12.6 Å². The van der Waals surface area contributed by atoms with E-state index in [0.29, 0.717) is 0 Å². The van der Waals surface area contributed by atoms with Gasteiger partial charge in [0.1, 0.15) is 5.75 Å². The van der Waals surface area contributed by atoms with Crippen molar-refractivity contribution in [3.8, 4) is 5.75 Å². The molecule has 0 N–H and O–H groups in total. The van der Waals surface area contributed by atoms with Crippen LogP contribution in [-0.4, -0.2) is 22.8 Å². The van der Waals surface area contributed by atoms with E-state index in [0.717, 1.165) is 33.3 Å².